The van der Waals surface area contributed by atoms with Crippen LogP contribution in [0.5, 0.6) is 5.75 Å². The highest BCUT2D eigenvalue weighted by molar-refractivity contribution is 6.32. The summed E-state index contributed by atoms with van der Waals surface area (Å²) >= 11 is 6.14. The number of anilines is 1. The largest absolute Gasteiger partial charge is 0.495 e. The third-order valence-corrected chi connectivity index (χ3v) is 4.51. The van der Waals surface area contributed by atoms with E-state index in [1.54, 1.807) is 18.2 Å². The van der Waals surface area contributed by atoms with E-state index in [2.05, 4.69) is 10.6 Å². The number of nitrogens with zero attached hydrogens (tertiary/aromatic N) is 1. The average molecular weight is 374 g/mol. The lowest BCUT2D eigenvalue weighted by molar-refractivity contribution is -0.128. The first-order valence-corrected chi connectivity index (χ1v) is 8.66. The minimum atomic E-state index is -0.567. The second kappa shape index (κ2) is 8.21. The van der Waals surface area contributed by atoms with Gasteiger partial charge in [0.15, 0.2) is 0 Å². The summed E-state index contributed by atoms with van der Waals surface area (Å²) in [6.45, 7) is 1.29. The molecule has 1 unspecified atom stereocenters. The van der Waals surface area contributed by atoms with Gasteiger partial charge in [-0.15, -0.1) is 0 Å². The number of hydrogen-bond acceptors (Lipinski definition) is 4. The van der Waals surface area contributed by atoms with Crippen molar-refractivity contribution in [3.05, 3.63) is 59.1 Å². The van der Waals surface area contributed by atoms with E-state index in [9.17, 15) is 9.59 Å². The predicted octanol–water partition coefficient (Wildman–Crippen LogP) is 2.46. The van der Waals surface area contributed by atoms with Crippen molar-refractivity contribution in [3.63, 3.8) is 0 Å². The maximum absolute atomic E-state index is 13.0. The van der Waals surface area contributed by atoms with Crippen molar-refractivity contribution >= 4 is 29.1 Å². The number of benzene rings is 2. The molecule has 1 aliphatic heterocycles. The molecule has 1 atom stereocenters. The molecule has 6 nitrogen and oxygen atoms in total. The normalized spacial score (nSPS) is 15.8. The molecule has 0 radical (unpaired) electrons. The average Bonchev–Trinajstić information content (AvgIpc) is 2.63. The summed E-state index contributed by atoms with van der Waals surface area (Å²) in [5.74, 6) is 0.238. The number of nitrogens with one attached hydrogen (secondary N) is 2. The fraction of sp³-hybridized carbons (Fsp3) is 0.263. The standard InChI is InChI=1S/C19H20ClN3O3/c1-26-16-8-7-14(11-15(16)20)22-19(25)18(13-5-3-2-4-6-13)23-10-9-21-17(24)12-23/h2-8,11,18H,9-10,12H2,1H3,(H,21,24)(H,22,25). The molecule has 2 amide bonds. The maximum Gasteiger partial charge on any atom is 0.246 e. The Kier molecular flexibility index (Phi) is 5.75. The lowest BCUT2D eigenvalue weighted by Crippen LogP contribution is -2.51. The quantitative estimate of drug-likeness (QED) is 0.844. The molecule has 1 aliphatic rings. The number of ether oxygens (including phenoxy) is 1. The van der Waals surface area contributed by atoms with Crippen molar-refractivity contribution in [2.45, 2.75) is 6.04 Å². The molecule has 136 valence electrons. The van der Waals surface area contributed by atoms with E-state index in [-0.39, 0.29) is 18.4 Å². The topological polar surface area (TPSA) is 70.7 Å². The Morgan fingerprint density at radius 2 is 2.04 bits per heavy atom. The highest BCUT2D eigenvalue weighted by atomic mass is 35.5. The Morgan fingerprint density at radius 1 is 1.27 bits per heavy atom. The van der Waals surface area contributed by atoms with E-state index >= 15 is 0 Å². The van der Waals surface area contributed by atoms with Gasteiger partial charge in [-0.05, 0) is 23.8 Å². The van der Waals surface area contributed by atoms with Crippen LogP contribution < -0.4 is 15.4 Å². The Morgan fingerprint density at radius 3 is 2.69 bits per heavy atom. The van der Waals surface area contributed by atoms with E-state index in [1.165, 1.54) is 7.11 Å². The Labute approximate surface area is 157 Å². The van der Waals surface area contributed by atoms with E-state index in [0.29, 0.717) is 29.5 Å². The molecule has 1 fully saturated rings. The lowest BCUT2D eigenvalue weighted by atomic mass is 10.0. The molecule has 3 rings (SSSR count). The molecule has 2 N–H and O–H groups in total. The number of carbonyl (C=O) groups is 2. The van der Waals surface area contributed by atoms with Gasteiger partial charge in [-0.1, -0.05) is 41.9 Å². The highest BCUT2D eigenvalue weighted by Gasteiger charge is 2.31. The molecule has 1 saturated heterocycles. The molecule has 0 aliphatic carbocycles. The summed E-state index contributed by atoms with van der Waals surface area (Å²) in [6, 6.07) is 13.9. The monoisotopic (exact) mass is 373 g/mol. The zero-order valence-corrected chi connectivity index (χ0v) is 15.1. The van der Waals surface area contributed by atoms with Crippen LogP contribution in [-0.2, 0) is 9.59 Å². The molecule has 0 aromatic heterocycles. The fourth-order valence-corrected chi connectivity index (χ4v) is 3.25. The summed E-state index contributed by atoms with van der Waals surface area (Å²) in [7, 11) is 1.53. The van der Waals surface area contributed by atoms with Gasteiger partial charge < -0.3 is 15.4 Å². The van der Waals surface area contributed by atoms with E-state index in [0.717, 1.165) is 5.56 Å². The molecule has 0 saturated carbocycles. The number of rotatable bonds is 5. The highest BCUT2D eigenvalue weighted by Crippen LogP contribution is 2.29. The second-order valence-corrected chi connectivity index (χ2v) is 6.38. The number of hydrogen-bond donors (Lipinski definition) is 2. The smallest absolute Gasteiger partial charge is 0.246 e. The number of amides is 2. The molecule has 0 bridgehead atoms. The van der Waals surface area contributed by atoms with E-state index in [4.69, 9.17) is 16.3 Å². The number of carbonyl (C=O) groups excluding carboxylic acids is 2. The first kappa shape index (κ1) is 18.2. The number of piperazine rings is 1. The summed E-state index contributed by atoms with van der Waals surface area (Å²) in [5.41, 5.74) is 1.41. The number of methoxy groups -OCH3 is 1. The summed E-state index contributed by atoms with van der Waals surface area (Å²) in [5, 5.41) is 6.09. The minimum absolute atomic E-state index is 0.0857. The van der Waals surface area contributed by atoms with Gasteiger partial charge in [0.1, 0.15) is 11.8 Å². The Balaban J connectivity index is 1.85. The van der Waals surface area contributed by atoms with Gasteiger partial charge in [0.25, 0.3) is 0 Å². The molecule has 2 aromatic carbocycles. The Hall–Kier alpha value is -2.57. The van der Waals surface area contributed by atoms with Crippen LogP contribution >= 0.6 is 11.6 Å². The van der Waals surface area contributed by atoms with Gasteiger partial charge in [-0.2, -0.15) is 0 Å². The van der Waals surface area contributed by atoms with Crippen LogP contribution in [0.25, 0.3) is 0 Å². The first-order chi connectivity index (χ1) is 12.6. The van der Waals surface area contributed by atoms with Gasteiger partial charge >= 0.3 is 0 Å². The van der Waals surface area contributed by atoms with Crippen molar-refractivity contribution in [1.29, 1.82) is 0 Å². The van der Waals surface area contributed by atoms with Crippen LogP contribution in [0.1, 0.15) is 11.6 Å². The predicted molar refractivity (Wildman–Crippen MR) is 100 cm³/mol. The molecular formula is C19H20ClN3O3. The van der Waals surface area contributed by atoms with E-state index in [1.807, 2.05) is 35.2 Å². The van der Waals surface area contributed by atoms with Gasteiger partial charge in [0, 0.05) is 18.8 Å². The fourth-order valence-electron chi connectivity index (χ4n) is 3.00. The van der Waals surface area contributed by atoms with Crippen LogP contribution in [-0.4, -0.2) is 43.5 Å². The molecule has 7 heteroatoms. The third-order valence-electron chi connectivity index (χ3n) is 4.22. The number of halogens is 1. The van der Waals surface area contributed by atoms with Crippen molar-refractivity contribution in [2.24, 2.45) is 0 Å². The summed E-state index contributed by atoms with van der Waals surface area (Å²) in [6.07, 6.45) is 0. The van der Waals surface area contributed by atoms with Gasteiger partial charge in [-0.3, -0.25) is 14.5 Å². The van der Waals surface area contributed by atoms with Crippen LogP contribution in [0.3, 0.4) is 0 Å². The third kappa shape index (κ3) is 4.15. The van der Waals surface area contributed by atoms with Crippen LogP contribution in [0.15, 0.2) is 48.5 Å². The minimum Gasteiger partial charge on any atom is -0.495 e. The molecular weight excluding hydrogens is 354 g/mol. The molecule has 2 aromatic rings. The van der Waals surface area contributed by atoms with Crippen molar-refractivity contribution in [1.82, 2.24) is 10.2 Å². The SMILES string of the molecule is COc1ccc(NC(=O)C(c2ccccc2)N2CCNC(=O)C2)cc1Cl. The first-order valence-electron chi connectivity index (χ1n) is 8.28. The Bertz CT molecular complexity index is 798. The van der Waals surface area contributed by atoms with Crippen LogP contribution in [0.2, 0.25) is 5.02 Å². The van der Waals surface area contributed by atoms with Crippen LogP contribution in [0.4, 0.5) is 5.69 Å². The summed E-state index contributed by atoms with van der Waals surface area (Å²) in [4.78, 5) is 26.7. The van der Waals surface area contributed by atoms with Crippen molar-refractivity contribution in [2.75, 3.05) is 32.1 Å². The molecule has 26 heavy (non-hydrogen) atoms. The molecule has 1 heterocycles. The van der Waals surface area contributed by atoms with Gasteiger partial charge in [0.2, 0.25) is 11.8 Å². The lowest BCUT2D eigenvalue weighted by Gasteiger charge is -2.33. The van der Waals surface area contributed by atoms with E-state index < -0.39 is 6.04 Å². The molecule has 0 spiro atoms. The van der Waals surface area contributed by atoms with Crippen molar-refractivity contribution in [3.8, 4) is 5.75 Å². The maximum atomic E-state index is 13.0. The van der Waals surface area contributed by atoms with Gasteiger partial charge in [0.05, 0.1) is 18.7 Å². The van der Waals surface area contributed by atoms with Gasteiger partial charge in [-0.25, -0.2) is 0 Å². The van der Waals surface area contributed by atoms with Crippen molar-refractivity contribution < 1.29 is 14.3 Å². The zero-order valence-electron chi connectivity index (χ0n) is 14.4. The summed E-state index contributed by atoms with van der Waals surface area (Å²) < 4.78 is 5.13. The van der Waals surface area contributed by atoms with Crippen LogP contribution in [0, 0.1) is 0 Å². The zero-order chi connectivity index (χ0) is 18.5. The second-order valence-electron chi connectivity index (χ2n) is 5.97.